The van der Waals surface area contributed by atoms with Crippen molar-refractivity contribution in [1.29, 1.82) is 0 Å². The molecule has 0 nitrogen and oxygen atoms in total. The van der Waals surface area contributed by atoms with Crippen molar-refractivity contribution in [3.8, 4) is 0 Å². The van der Waals surface area contributed by atoms with E-state index in [1.165, 1.54) is 38.5 Å². The molecule has 0 radical (unpaired) electrons. The van der Waals surface area contributed by atoms with Crippen LogP contribution in [-0.2, 0) is 0 Å². The van der Waals surface area contributed by atoms with Crippen molar-refractivity contribution in [2.75, 3.05) is 0 Å². The molecule has 0 aliphatic carbocycles. The normalized spacial score (nSPS) is 13.9. The molecule has 0 saturated heterocycles. The Balaban J connectivity index is 3.05. The van der Waals surface area contributed by atoms with E-state index in [2.05, 4.69) is 32.9 Å². The van der Waals surface area contributed by atoms with Gasteiger partial charge in [0.05, 0.1) is 0 Å². The molecule has 0 aromatic heterocycles. The minimum Gasteiger partial charge on any atom is -0.0888 e. The topological polar surface area (TPSA) is 0 Å². The highest BCUT2D eigenvalue weighted by molar-refractivity contribution is 4.79. The molecule has 0 saturated carbocycles. The van der Waals surface area contributed by atoms with E-state index < -0.39 is 0 Å². The summed E-state index contributed by atoms with van der Waals surface area (Å²) in [6, 6.07) is 0. The molecule has 72 valence electrons. The largest absolute Gasteiger partial charge is 0.0888 e. The molecular formula is C12H24. The maximum absolute atomic E-state index is 2.35. The monoisotopic (exact) mass is 168 g/mol. The van der Waals surface area contributed by atoms with Crippen LogP contribution in [-0.4, -0.2) is 0 Å². The lowest BCUT2D eigenvalue weighted by molar-refractivity contribution is 0.486. The van der Waals surface area contributed by atoms with Crippen LogP contribution in [0.1, 0.15) is 59.3 Å². The van der Waals surface area contributed by atoms with E-state index in [1.807, 2.05) is 0 Å². The molecule has 12 heavy (non-hydrogen) atoms. The first-order chi connectivity index (χ1) is 5.81. The van der Waals surface area contributed by atoms with Crippen molar-refractivity contribution in [2.24, 2.45) is 5.92 Å². The van der Waals surface area contributed by atoms with Gasteiger partial charge in [0.25, 0.3) is 0 Å². The van der Waals surface area contributed by atoms with E-state index >= 15 is 0 Å². The van der Waals surface area contributed by atoms with Crippen LogP contribution < -0.4 is 0 Å². The number of rotatable bonds is 7. The van der Waals surface area contributed by atoms with E-state index in [-0.39, 0.29) is 0 Å². The van der Waals surface area contributed by atoms with Crippen LogP contribution in [0.5, 0.6) is 0 Å². The second-order valence-electron chi connectivity index (χ2n) is 3.68. The lowest BCUT2D eigenvalue weighted by Crippen LogP contribution is -1.90. The maximum atomic E-state index is 2.35. The highest BCUT2D eigenvalue weighted by Gasteiger charge is 1.96. The fourth-order valence-corrected chi connectivity index (χ4v) is 1.24. The molecule has 0 aliphatic rings. The first-order valence-electron chi connectivity index (χ1n) is 5.46. The molecular weight excluding hydrogens is 144 g/mol. The lowest BCUT2D eigenvalue weighted by Gasteiger charge is -2.05. The highest BCUT2D eigenvalue weighted by atomic mass is 14.0. The predicted molar refractivity (Wildman–Crippen MR) is 57.4 cm³/mol. The summed E-state index contributed by atoms with van der Waals surface area (Å²) in [7, 11) is 0. The van der Waals surface area contributed by atoms with E-state index in [0.29, 0.717) is 0 Å². The van der Waals surface area contributed by atoms with Gasteiger partial charge in [0.2, 0.25) is 0 Å². The maximum Gasteiger partial charge on any atom is -0.0351 e. The van der Waals surface area contributed by atoms with Crippen molar-refractivity contribution >= 4 is 0 Å². The molecule has 1 atom stereocenters. The second kappa shape index (κ2) is 8.83. The molecule has 0 fully saturated rings. The zero-order chi connectivity index (χ0) is 9.23. The van der Waals surface area contributed by atoms with Crippen LogP contribution in [0.4, 0.5) is 0 Å². The summed E-state index contributed by atoms with van der Waals surface area (Å²) in [6.45, 7) is 6.82. The molecule has 0 heterocycles. The van der Waals surface area contributed by atoms with Gasteiger partial charge < -0.3 is 0 Å². The van der Waals surface area contributed by atoms with Crippen molar-refractivity contribution < 1.29 is 0 Å². The average molecular weight is 168 g/mol. The van der Waals surface area contributed by atoms with Gasteiger partial charge in [0.15, 0.2) is 0 Å². The number of hydrogen-bond donors (Lipinski definition) is 0. The van der Waals surface area contributed by atoms with Crippen molar-refractivity contribution in [3.05, 3.63) is 12.2 Å². The standard InChI is InChI=1S/C12H24/c1-4-6-7-8-9-10-11-12(3)5-2/h6-7,12H,4-5,8-11H2,1-3H3/b7-6-. The van der Waals surface area contributed by atoms with Crippen LogP contribution >= 0.6 is 0 Å². The zero-order valence-corrected chi connectivity index (χ0v) is 8.97. The van der Waals surface area contributed by atoms with Gasteiger partial charge in [0, 0.05) is 0 Å². The second-order valence-corrected chi connectivity index (χ2v) is 3.68. The van der Waals surface area contributed by atoms with Crippen molar-refractivity contribution in [1.82, 2.24) is 0 Å². The molecule has 0 amide bonds. The molecule has 0 aliphatic heterocycles. The fraction of sp³-hybridized carbons (Fsp3) is 0.833. The van der Waals surface area contributed by atoms with Gasteiger partial charge in [-0.25, -0.2) is 0 Å². The van der Waals surface area contributed by atoms with Crippen LogP contribution in [0.3, 0.4) is 0 Å². The molecule has 0 heteroatoms. The van der Waals surface area contributed by atoms with Gasteiger partial charge in [-0.2, -0.15) is 0 Å². The van der Waals surface area contributed by atoms with E-state index in [0.717, 1.165) is 5.92 Å². The van der Waals surface area contributed by atoms with Crippen LogP contribution in [0.2, 0.25) is 0 Å². The molecule has 1 unspecified atom stereocenters. The Morgan fingerprint density at radius 2 is 1.83 bits per heavy atom. The molecule has 0 bridgehead atoms. The Bertz CT molecular complexity index is 103. The number of allylic oxidation sites excluding steroid dienone is 2. The first kappa shape index (κ1) is 11.7. The average Bonchev–Trinajstić information content (AvgIpc) is 2.10. The van der Waals surface area contributed by atoms with Gasteiger partial charge in [-0.15, -0.1) is 0 Å². The van der Waals surface area contributed by atoms with Crippen LogP contribution in [0, 0.1) is 5.92 Å². The smallest absolute Gasteiger partial charge is 0.0351 e. The SMILES string of the molecule is CC/C=C\CCCCC(C)CC. The quantitative estimate of drug-likeness (QED) is 0.386. The summed E-state index contributed by atoms with van der Waals surface area (Å²) >= 11 is 0. The predicted octanol–water partition coefficient (Wildman–Crippen LogP) is 4.56. The summed E-state index contributed by atoms with van der Waals surface area (Å²) in [4.78, 5) is 0. The van der Waals surface area contributed by atoms with Gasteiger partial charge in [-0.3, -0.25) is 0 Å². The van der Waals surface area contributed by atoms with Crippen molar-refractivity contribution in [2.45, 2.75) is 59.3 Å². The minimum absolute atomic E-state index is 0.931. The fourth-order valence-electron chi connectivity index (χ4n) is 1.24. The Kier molecular flexibility index (Phi) is 8.64. The summed E-state index contributed by atoms with van der Waals surface area (Å²) in [5.41, 5.74) is 0. The Morgan fingerprint density at radius 3 is 2.42 bits per heavy atom. The van der Waals surface area contributed by atoms with Gasteiger partial charge >= 0.3 is 0 Å². The van der Waals surface area contributed by atoms with Crippen LogP contribution in [0.25, 0.3) is 0 Å². The molecule has 0 aromatic rings. The summed E-state index contributed by atoms with van der Waals surface area (Å²) in [6.07, 6.45) is 12.6. The van der Waals surface area contributed by atoms with Gasteiger partial charge in [-0.05, 0) is 25.2 Å². The third-order valence-electron chi connectivity index (χ3n) is 2.42. The molecule has 0 spiro atoms. The van der Waals surface area contributed by atoms with E-state index in [1.54, 1.807) is 0 Å². The van der Waals surface area contributed by atoms with Crippen LogP contribution in [0.15, 0.2) is 12.2 Å². The molecule has 0 N–H and O–H groups in total. The van der Waals surface area contributed by atoms with Gasteiger partial charge in [-0.1, -0.05) is 52.2 Å². The lowest BCUT2D eigenvalue weighted by atomic mass is 10.0. The Morgan fingerprint density at radius 1 is 1.08 bits per heavy atom. The first-order valence-corrected chi connectivity index (χ1v) is 5.46. The molecule has 0 aromatic carbocycles. The number of unbranched alkanes of at least 4 members (excludes halogenated alkanes) is 2. The van der Waals surface area contributed by atoms with Crippen molar-refractivity contribution in [3.63, 3.8) is 0 Å². The Labute approximate surface area is 78.1 Å². The highest BCUT2D eigenvalue weighted by Crippen LogP contribution is 2.12. The summed E-state index contributed by atoms with van der Waals surface area (Å²) in [5, 5.41) is 0. The van der Waals surface area contributed by atoms with E-state index in [4.69, 9.17) is 0 Å². The summed E-state index contributed by atoms with van der Waals surface area (Å²) < 4.78 is 0. The molecule has 0 rings (SSSR count). The third-order valence-corrected chi connectivity index (χ3v) is 2.42. The third kappa shape index (κ3) is 7.84. The minimum atomic E-state index is 0.931. The van der Waals surface area contributed by atoms with Gasteiger partial charge in [0.1, 0.15) is 0 Å². The zero-order valence-electron chi connectivity index (χ0n) is 8.97. The summed E-state index contributed by atoms with van der Waals surface area (Å²) in [5.74, 6) is 0.931. The Hall–Kier alpha value is -0.260. The van der Waals surface area contributed by atoms with E-state index in [9.17, 15) is 0 Å². The number of hydrogen-bond acceptors (Lipinski definition) is 0.